The number of nitrogens with one attached hydrogen (secondary N) is 2. The summed E-state index contributed by atoms with van der Waals surface area (Å²) in [7, 11) is 2.13. The number of aryl methyl sites for hydroxylation is 1. The molecule has 1 aromatic carbocycles. The minimum Gasteiger partial charge on any atom is -0.354 e. The monoisotopic (exact) mass is 526 g/mol. The summed E-state index contributed by atoms with van der Waals surface area (Å²) in [6.45, 7) is 6.80. The Morgan fingerprint density at radius 1 is 1.16 bits per heavy atom. The van der Waals surface area contributed by atoms with Crippen LogP contribution in [0.15, 0.2) is 30.3 Å². The fraction of sp³-hybridized carbons (Fsp3) is 0.462. The van der Waals surface area contributed by atoms with Crippen LogP contribution in [0.2, 0.25) is 5.02 Å². The van der Waals surface area contributed by atoms with Crippen molar-refractivity contribution in [3.8, 4) is 0 Å². The Morgan fingerprint density at radius 2 is 1.97 bits per heavy atom. The first-order valence-electron chi connectivity index (χ1n) is 12.7. The number of likely N-dealkylation sites (tertiary alicyclic amines) is 1. The van der Waals surface area contributed by atoms with Gasteiger partial charge in [-0.15, -0.1) is 0 Å². The van der Waals surface area contributed by atoms with E-state index >= 15 is 0 Å². The van der Waals surface area contributed by atoms with Gasteiger partial charge in [0.1, 0.15) is 17.5 Å². The average Bonchev–Trinajstić information content (AvgIpc) is 3.30. The Morgan fingerprint density at radius 3 is 2.73 bits per heavy atom. The topological polar surface area (TPSA) is 93.3 Å². The van der Waals surface area contributed by atoms with Gasteiger partial charge in [0.15, 0.2) is 11.6 Å². The molecule has 2 aliphatic heterocycles. The highest BCUT2D eigenvalue weighted by atomic mass is 35.5. The zero-order chi connectivity index (χ0) is 25.9. The van der Waals surface area contributed by atoms with E-state index in [1.807, 2.05) is 19.1 Å². The Bertz CT molecular complexity index is 1260. The smallest absolute Gasteiger partial charge is 0.256 e. The number of aromatic amines is 1. The fourth-order valence-electron chi connectivity index (χ4n) is 4.96. The molecule has 2 saturated heterocycles. The summed E-state index contributed by atoms with van der Waals surface area (Å²) < 4.78 is 14.5. The number of piperidine rings is 1. The minimum absolute atomic E-state index is 0.0160. The van der Waals surface area contributed by atoms with Crippen LogP contribution in [-0.2, 0) is 6.42 Å². The van der Waals surface area contributed by atoms with Gasteiger partial charge in [0.25, 0.3) is 5.91 Å². The maximum Gasteiger partial charge on any atom is 0.256 e. The van der Waals surface area contributed by atoms with Crippen LogP contribution in [0.4, 0.5) is 21.8 Å². The molecule has 2 aliphatic rings. The molecule has 11 heteroatoms. The number of piperazine rings is 1. The Balaban J connectivity index is 1.34. The number of anilines is 3. The van der Waals surface area contributed by atoms with Crippen molar-refractivity contribution < 1.29 is 9.18 Å². The number of rotatable bonds is 6. The highest BCUT2D eigenvalue weighted by Gasteiger charge is 2.28. The van der Waals surface area contributed by atoms with Crippen molar-refractivity contribution >= 4 is 35.0 Å². The quantitative estimate of drug-likeness (QED) is 0.503. The molecule has 2 fully saturated rings. The molecule has 0 bridgehead atoms. The van der Waals surface area contributed by atoms with Gasteiger partial charge in [-0.25, -0.2) is 14.4 Å². The average molecular weight is 527 g/mol. The molecule has 37 heavy (non-hydrogen) atoms. The molecule has 1 atom stereocenters. The number of likely N-dealkylation sites (N-methyl/N-ethyl adjacent to an activating group) is 1. The van der Waals surface area contributed by atoms with Crippen molar-refractivity contribution in [1.82, 2.24) is 30.0 Å². The van der Waals surface area contributed by atoms with Crippen LogP contribution >= 0.6 is 11.6 Å². The third-order valence-electron chi connectivity index (χ3n) is 7.01. The standard InChI is InChI=1S/C26H32ClFN8O/c1-17-13-23(33-32-17)30-22-15-24(35-11-9-34(2)10-12-35)31-21(29-22)14-18-5-4-8-36(16-18)26(37)19-6-3-7-20(27)25(19)28/h3,6-7,13,15,18H,4-5,8-12,14,16H2,1-2H3,(H2,29,30,31,32,33)/t18-/m1/s1. The second-order valence-corrected chi connectivity index (χ2v) is 10.4. The predicted molar refractivity (Wildman–Crippen MR) is 142 cm³/mol. The van der Waals surface area contributed by atoms with Gasteiger partial charge in [0, 0.05) is 63.5 Å². The highest BCUT2D eigenvalue weighted by molar-refractivity contribution is 6.31. The number of carbonyl (C=O) groups is 1. The Kier molecular flexibility index (Phi) is 7.57. The normalized spacial score (nSPS) is 18.8. The van der Waals surface area contributed by atoms with Crippen molar-refractivity contribution in [3.63, 3.8) is 0 Å². The van der Waals surface area contributed by atoms with E-state index in [-0.39, 0.29) is 22.4 Å². The molecule has 0 spiro atoms. The van der Waals surface area contributed by atoms with Crippen LogP contribution in [0.25, 0.3) is 0 Å². The molecule has 196 valence electrons. The van der Waals surface area contributed by atoms with Crippen molar-refractivity contribution in [2.24, 2.45) is 5.92 Å². The third kappa shape index (κ3) is 6.02. The SMILES string of the molecule is Cc1cc(Nc2cc(N3CCN(C)CC3)nc(C[C@H]3CCCN(C(=O)c4cccc(Cl)c4F)C3)n2)n[nH]1. The fourth-order valence-corrected chi connectivity index (χ4v) is 5.14. The number of carbonyl (C=O) groups excluding carboxylic acids is 1. The van der Waals surface area contributed by atoms with Gasteiger partial charge >= 0.3 is 0 Å². The van der Waals surface area contributed by atoms with E-state index in [0.29, 0.717) is 31.1 Å². The second kappa shape index (κ2) is 11.0. The lowest BCUT2D eigenvalue weighted by Gasteiger charge is -2.34. The molecule has 0 saturated carbocycles. The van der Waals surface area contributed by atoms with E-state index in [9.17, 15) is 9.18 Å². The van der Waals surface area contributed by atoms with Gasteiger partial charge in [0.2, 0.25) is 0 Å². The number of hydrogen-bond acceptors (Lipinski definition) is 7. The molecule has 9 nitrogen and oxygen atoms in total. The molecule has 4 heterocycles. The van der Waals surface area contributed by atoms with Crippen molar-refractivity contribution in [1.29, 1.82) is 0 Å². The number of aromatic nitrogens is 4. The van der Waals surface area contributed by atoms with Gasteiger partial charge in [0.05, 0.1) is 10.6 Å². The zero-order valence-corrected chi connectivity index (χ0v) is 21.9. The summed E-state index contributed by atoms with van der Waals surface area (Å²) in [6.07, 6.45) is 2.41. The zero-order valence-electron chi connectivity index (χ0n) is 21.2. The first-order chi connectivity index (χ1) is 17.9. The van der Waals surface area contributed by atoms with E-state index in [4.69, 9.17) is 21.6 Å². The molecule has 0 unspecified atom stereocenters. The molecule has 2 N–H and O–H groups in total. The third-order valence-corrected chi connectivity index (χ3v) is 7.30. The second-order valence-electron chi connectivity index (χ2n) is 9.94. The van der Waals surface area contributed by atoms with Gasteiger partial charge in [-0.2, -0.15) is 5.10 Å². The molecule has 5 rings (SSSR count). The molecular formula is C26H32ClFN8O. The summed E-state index contributed by atoms with van der Waals surface area (Å²) in [5.74, 6) is 2.18. The van der Waals surface area contributed by atoms with Gasteiger partial charge in [-0.1, -0.05) is 17.7 Å². The lowest BCUT2D eigenvalue weighted by atomic mass is 9.94. The molecular weight excluding hydrogens is 495 g/mol. The lowest BCUT2D eigenvalue weighted by molar-refractivity contribution is 0.0667. The van der Waals surface area contributed by atoms with E-state index in [1.165, 1.54) is 12.1 Å². The summed E-state index contributed by atoms with van der Waals surface area (Å²) in [4.78, 5) is 29.1. The van der Waals surface area contributed by atoms with Crippen LogP contribution in [0.3, 0.4) is 0 Å². The highest BCUT2D eigenvalue weighted by Crippen LogP contribution is 2.26. The van der Waals surface area contributed by atoms with E-state index in [1.54, 1.807) is 11.0 Å². The van der Waals surface area contributed by atoms with Gasteiger partial charge < -0.3 is 20.0 Å². The number of benzene rings is 1. The van der Waals surface area contributed by atoms with Crippen molar-refractivity contribution in [2.75, 3.05) is 56.5 Å². The summed E-state index contributed by atoms with van der Waals surface area (Å²) in [5.41, 5.74) is 0.974. The summed E-state index contributed by atoms with van der Waals surface area (Å²) in [6, 6.07) is 8.44. The first kappa shape index (κ1) is 25.4. The predicted octanol–water partition coefficient (Wildman–Crippen LogP) is 3.89. The Hall–Kier alpha value is -3.24. The molecule has 2 aromatic heterocycles. The number of halogens is 2. The molecule has 3 aromatic rings. The van der Waals surface area contributed by atoms with Crippen molar-refractivity contribution in [3.05, 3.63) is 58.3 Å². The number of nitrogens with zero attached hydrogens (tertiary/aromatic N) is 6. The van der Waals surface area contributed by atoms with Crippen LogP contribution in [0.1, 0.15) is 34.7 Å². The van der Waals surface area contributed by atoms with Gasteiger partial charge in [-0.3, -0.25) is 9.89 Å². The minimum atomic E-state index is -0.663. The van der Waals surface area contributed by atoms with Gasteiger partial charge in [-0.05, 0) is 44.9 Å². The summed E-state index contributed by atoms with van der Waals surface area (Å²) in [5, 5.41) is 10.5. The van der Waals surface area contributed by atoms with Crippen LogP contribution in [0.5, 0.6) is 0 Å². The van der Waals surface area contributed by atoms with Crippen LogP contribution < -0.4 is 10.2 Å². The lowest BCUT2D eigenvalue weighted by Crippen LogP contribution is -2.45. The molecule has 1 amide bonds. The number of amides is 1. The molecule has 0 radical (unpaired) electrons. The maximum atomic E-state index is 14.5. The van der Waals surface area contributed by atoms with Crippen LogP contribution in [0, 0.1) is 18.7 Å². The van der Waals surface area contributed by atoms with Crippen molar-refractivity contribution in [2.45, 2.75) is 26.2 Å². The first-order valence-corrected chi connectivity index (χ1v) is 13.1. The van der Waals surface area contributed by atoms with Crippen LogP contribution in [-0.4, -0.2) is 82.2 Å². The number of hydrogen-bond donors (Lipinski definition) is 2. The maximum absolute atomic E-state index is 14.5. The summed E-state index contributed by atoms with van der Waals surface area (Å²) >= 11 is 5.91. The van der Waals surface area contributed by atoms with E-state index < -0.39 is 5.82 Å². The largest absolute Gasteiger partial charge is 0.354 e. The molecule has 0 aliphatic carbocycles. The Labute approximate surface area is 221 Å². The number of H-pyrrole nitrogens is 1. The van der Waals surface area contributed by atoms with E-state index in [0.717, 1.165) is 56.4 Å². The van der Waals surface area contributed by atoms with E-state index in [2.05, 4.69) is 32.4 Å².